The molecule has 1 unspecified atom stereocenters. The summed E-state index contributed by atoms with van der Waals surface area (Å²) < 4.78 is 5.45. The highest BCUT2D eigenvalue weighted by Crippen LogP contribution is 2.28. The van der Waals surface area contributed by atoms with Gasteiger partial charge in [-0.1, -0.05) is 13.8 Å². The number of morpholine rings is 1. The molecule has 0 aliphatic carbocycles. The van der Waals surface area contributed by atoms with E-state index in [2.05, 4.69) is 29.8 Å². The first-order valence-corrected chi connectivity index (χ1v) is 9.99. The van der Waals surface area contributed by atoms with Gasteiger partial charge < -0.3 is 14.5 Å². The number of carbonyl (C=O) groups is 1. The standard InChI is InChI=1S/C20H32N4O2/c1-15(2)6-7-20(25)24-8-4-5-17(14-24)18-13-19(22-16(3)21-18)23-9-11-26-12-10-23/h13,15,17H,4-12,14H2,1-3H3. The zero-order chi connectivity index (χ0) is 18.5. The van der Waals surface area contributed by atoms with E-state index in [4.69, 9.17) is 9.72 Å². The summed E-state index contributed by atoms with van der Waals surface area (Å²) in [6, 6.07) is 2.13. The zero-order valence-electron chi connectivity index (χ0n) is 16.4. The van der Waals surface area contributed by atoms with Crippen molar-refractivity contribution in [1.29, 1.82) is 0 Å². The molecular formula is C20H32N4O2. The van der Waals surface area contributed by atoms with Gasteiger partial charge in [0.15, 0.2) is 0 Å². The Labute approximate surface area is 156 Å². The van der Waals surface area contributed by atoms with Crippen LogP contribution in [0.1, 0.15) is 57.0 Å². The van der Waals surface area contributed by atoms with Crippen molar-refractivity contribution in [1.82, 2.24) is 14.9 Å². The number of likely N-dealkylation sites (tertiary alicyclic amines) is 1. The van der Waals surface area contributed by atoms with Crippen LogP contribution in [0.3, 0.4) is 0 Å². The second-order valence-electron chi connectivity index (χ2n) is 7.91. The number of anilines is 1. The first-order chi connectivity index (χ1) is 12.5. The van der Waals surface area contributed by atoms with Crippen LogP contribution in [0.2, 0.25) is 0 Å². The molecule has 0 spiro atoms. The van der Waals surface area contributed by atoms with Gasteiger partial charge in [0.2, 0.25) is 5.91 Å². The van der Waals surface area contributed by atoms with Crippen LogP contribution in [-0.4, -0.2) is 60.2 Å². The van der Waals surface area contributed by atoms with Crippen molar-refractivity contribution in [3.05, 3.63) is 17.6 Å². The van der Waals surface area contributed by atoms with Gasteiger partial charge in [-0.3, -0.25) is 4.79 Å². The van der Waals surface area contributed by atoms with Gasteiger partial charge in [-0.05, 0) is 32.1 Å². The molecule has 144 valence electrons. The Hall–Kier alpha value is -1.69. The fraction of sp³-hybridized carbons (Fsp3) is 0.750. The summed E-state index contributed by atoms with van der Waals surface area (Å²) in [5, 5.41) is 0. The Morgan fingerprint density at radius 3 is 2.77 bits per heavy atom. The Balaban J connectivity index is 1.69. The number of rotatable bonds is 5. The maximum absolute atomic E-state index is 12.5. The molecule has 0 bridgehead atoms. The van der Waals surface area contributed by atoms with E-state index in [-0.39, 0.29) is 0 Å². The number of amides is 1. The summed E-state index contributed by atoms with van der Waals surface area (Å²) in [5.41, 5.74) is 1.08. The molecule has 0 aromatic carbocycles. The van der Waals surface area contributed by atoms with Crippen LogP contribution in [0, 0.1) is 12.8 Å². The van der Waals surface area contributed by atoms with Crippen molar-refractivity contribution in [2.75, 3.05) is 44.3 Å². The Morgan fingerprint density at radius 1 is 1.27 bits per heavy atom. The molecule has 2 aliphatic rings. The largest absolute Gasteiger partial charge is 0.378 e. The van der Waals surface area contributed by atoms with E-state index < -0.39 is 0 Å². The van der Waals surface area contributed by atoms with Crippen molar-refractivity contribution in [3.8, 4) is 0 Å². The fourth-order valence-corrected chi connectivity index (χ4v) is 3.75. The lowest BCUT2D eigenvalue weighted by atomic mass is 9.93. The molecule has 6 nitrogen and oxygen atoms in total. The van der Waals surface area contributed by atoms with E-state index in [1.807, 2.05) is 11.8 Å². The summed E-state index contributed by atoms with van der Waals surface area (Å²) in [6.45, 7) is 11.2. The lowest BCUT2D eigenvalue weighted by molar-refractivity contribution is -0.132. The van der Waals surface area contributed by atoms with Crippen molar-refractivity contribution in [3.63, 3.8) is 0 Å². The Kier molecular flexibility index (Phi) is 6.46. The molecule has 6 heteroatoms. The molecule has 1 amide bonds. The molecule has 1 aromatic rings. The van der Waals surface area contributed by atoms with Gasteiger partial charge >= 0.3 is 0 Å². The first kappa shape index (κ1) is 19.1. The average Bonchev–Trinajstić information content (AvgIpc) is 2.66. The number of nitrogens with zero attached hydrogens (tertiary/aromatic N) is 4. The SMILES string of the molecule is Cc1nc(C2CCCN(C(=O)CCC(C)C)C2)cc(N2CCOCC2)n1. The molecule has 0 N–H and O–H groups in total. The normalized spacial score (nSPS) is 21.3. The van der Waals surface area contributed by atoms with Crippen LogP contribution in [-0.2, 0) is 9.53 Å². The molecule has 2 aliphatic heterocycles. The van der Waals surface area contributed by atoms with Gasteiger partial charge in [0.05, 0.1) is 18.9 Å². The van der Waals surface area contributed by atoms with Crippen LogP contribution >= 0.6 is 0 Å². The van der Waals surface area contributed by atoms with Gasteiger partial charge in [-0.25, -0.2) is 9.97 Å². The van der Waals surface area contributed by atoms with Gasteiger partial charge in [-0.15, -0.1) is 0 Å². The first-order valence-electron chi connectivity index (χ1n) is 9.99. The Bertz CT molecular complexity index is 614. The highest BCUT2D eigenvalue weighted by atomic mass is 16.5. The van der Waals surface area contributed by atoms with E-state index in [0.717, 1.165) is 76.0 Å². The summed E-state index contributed by atoms with van der Waals surface area (Å²) in [7, 11) is 0. The third-order valence-corrected chi connectivity index (χ3v) is 5.31. The number of piperidine rings is 1. The number of hydrogen-bond donors (Lipinski definition) is 0. The van der Waals surface area contributed by atoms with Gasteiger partial charge in [0.1, 0.15) is 11.6 Å². The lowest BCUT2D eigenvalue weighted by Crippen LogP contribution is -2.40. The number of aromatic nitrogens is 2. The molecule has 1 atom stereocenters. The molecular weight excluding hydrogens is 328 g/mol. The highest BCUT2D eigenvalue weighted by molar-refractivity contribution is 5.76. The maximum Gasteiger partial charge on any atom is 0.222 e. The molecule has 26 heavy (non-hydrogen) atoms. The minimum absolute atomic E-state index is 0.294. The molecule has 3 rings (SSSR count). The third kappa shape index (κ3) is 4.93. The third-order valence-electron chi connectivity index (χ3n) is 5.31. The number of ether oxygens (including phenoxy) is 1. The van der Waals surface area contributed by atoms with Gasteiger partial charge in [-0.2, -0.15) is 0 Å². The topological polar surface area (TPSA) is 58.6 Å². The minimum atomic E-state index is 0.294. The molecule has 2 fully saturated rings. The van der Waals surface area contributed by atoms with E-state index in [0.29, 0.717) is 24.2 Å². The van der Waals surface area contributed by atoms with Gasteiger partial charge in [0, 0.05) is 44.6 Å². The van der Waals surface area contributed by atoms with E-state index in [1.165, 1.54) is 0 Å². The van der Waals surface area contributed by atoms with E-state index >= 15 is 0 Å². The van der Waals surface area contributed by atoms with Crippen LogP contribution in [0.15, 0.2) is 6.07 Å². The number of carbonyl (C=O) groups excluding carboxylic acids is 1. The second-order valence-corrected chi connectivity index (χ2v) is 7.91. The predicted molar refractivity (Wildman–Crippen MR) is 102 cm³/mol. The summed E-state index contributed by atoms with van der Waals surface area (Å²) in [6.07, 6.45) is 3.76. The molecule has 0 radical (unpaired) electrons. The second kappa shape index (κ2) is 8.80. The van der Waals surface area contributed by atoms with Crippen molar-refractivity contribution in [2.24, 2.45) is 5.92 Å². The quantitative estimate of drug-likeness (QED) is 0.808. The smallest absolute Gasteiger partial charge is 0.222 e. The van der Waals surface area contributed by atoms with Gasteiger partial charge in [0.25, 0.3) is 0 Å². The highest BCUT2D eigenvalue weighted by Gasteiger charge is 2.26. The summed E-state index contributed by atoms with van der Waals surface area (Å²) in [4.78, 5) is 26.2. The summed E-state index contributed by atoms with van der Waals surface area (Å²) in [5.74, 6) is 2.99. The van der Waals surface area contributed by atoms with Crippen molar-refractivity contribution < 1.29 is 9.53 Å². The van der Waals surface area contributed by atoms with E-state index in [1.54, 1.807) is 0 Å². The molecule has 1 aromatic heterocycles. The number of aryl methyl sites for hydroxylation is 1. The minimum Gasteiger partial charge on any atom is -0.378 e. The van der Waals surface area contributed by atoms with Crippen molar-refractivity contribution in [2.45, 2.75) is 52.4 Å². The molecule has 3 heterocycles. The Morgan fingerprint density at radius 2 is 2.04 bits per heavy atom. The number of hydrogen-bond acceptors (Lipinski definition) is 5. The van der Waals surface area contributed by atoms with Crippen LogP contribution < -0.4 is 4.90 Å². The monoisotopic (exact) mass is 360 g/mol. The average molecular weight is 361 g/mol. The van der Waals surface area contributed by atoms with Crippen molar-refractivity contribution >= 4 is 11.7 Å². The van der Waals surface area contributed by atoms with Crippen LogP contribution in [0.25, 0.3) is 0 Å². The fourth-order valence-electron chi connectivity index (χ4n) is 3.75. The van der Waals surface area contributed by atoms with Crippen LogP contribution in [0.5, 0.6) is 0 Å². The predicted octanol–water partition coefficient (Wildman–Crippen LogP) is 2.76. The maximum atomic E-state index is 12.5. The lowest BCUT2D eigenvalue weighted by Gasteiger charge is -2.33. The van der Waals surface area contributed by atoms with Crippen LogP contribution in [0.4, 0.5) is 5.82 Å². The zero-order valence-corrected chi connectivity index (χ0v) is 16.4. The molecule has 2 saturated heterocycles. The summed E-state index contributed by atoms with van der Waals surface area (Å²) >= 11 is 0. The van der Waals surface area contributed by atoms with E-state index in [9.17, 15) is 4.79 Å². The molecule has 0 saturated carbocycles.